The maximum absolute atomic E-state index is 12.2. The van der Waals surface area contributed by atoms with Crippen LogP contribution in [0.3, 0.4) is 0 Å². The number of aromatic nitrogens is 1. The average Bonchev–Trinajstić information content (AvgIpc) is 2.49. The molecule has 2 heteroatoms. The molecule has 1 aromatic rings. The minimum atomic E-state index is 0.127. The molecule has 18 heavy (non-hydrogen) atoms. The molecule has 2 nitrogen and oxygen atoms in total. The monoisotopic (exact) mass is 245 g/mol. The molecular weight excluding hydrogens is 222 g/mol. The van der Waals surface area contributed by atoms with Gasteiger partial charge in [-0.25, -0.2) is 0 Å². The predicted octanol–water partition coefficient (Wildman–Crippen LogP) is 3.92. The van der Waals surface area contributed by atoms with Crippen LogP contribution in [0.15, 0.2) is 6.07 Å². The Labute approximate surface area is 109 Å². The van der Waals surface area contributed by atoms with Crippen LogP contribution in [-0.2, 0) is 6.42 Å². The van der Waals surface area contributed by atoms with Crippen molar-refractivity contribution in [1.82, 2.24) is 4.57 Å². The molecule has 3 rings (SSSR count). The number of rotatable bonds is 1. The van der Waals surface area contributed by atoms with Crippen LogP contribution in [0.5, 0.6) is 0 Å². The van der Waals surface area contributed by atoms with Gasteiger partial charge in [0.1, 0.15) is 0 Å². The Hall–Kier alpha value is -1.05. The molecule has 0 amide bonds. The smallest absolute Gasteiger partial charge is 0.165 e. The number of aryl methyl sites for hydroxylation is 1. The summed E-state index contributed by atoms with van der Waals surface area (Å²) in [6.07, 6.45) is 4.30. The fraction of sp³-hybridized carbons (Fsp3) is 0.688. The summed E-state index contributed by atoms with van der Waals surface area (Å²) in [5.41, 5.74) is 3.72. The highest BCUT2D eigenvalue weighted by Crippen LogP contribution is 2.43. The van der Waals surface area contributed by atoms with Crippen LogP contribution in [0.1, 0.15) is 67.8 Å². The van der Waals surface area contributed by atoms with E-state index in [0.717, 1.165) is 17.9 Å². The summed E-state index contributed by atoms with van der Waals surface area (Å²) in [5.74, 6) is 1.19. The van der Waals surface area contributed by atoms with E-state index in [-0.39, 0.29) is 5.41 Å². The minimum Gasteiger partial charge on any atom is -0.345 e. The summed E-state index contributed by atoms with van der Waals surface area (Å²) in [6.45, 7) is 8.90. The van der Waals surface area contributed by atoms with Crippen molar-refractivity contribution in [3.63, 3.8) is 0 Å². The fourth-order valence-corrected chi connectivity index (χ4v) is 3.75. The minimum absolute atomic E-state index is 0.127. The number of fused-ring (bicyclic) bond motifs is 1. The van der Waals surface area contributed by atoms with Gasteiger partial charge in [-0.15, -0.1) is 0 Å². The lowest BCUT2D eigenvalue weighted by Gasteiger charge is -2.38. The zero-order valence-electron chi connectivity index (χ0n) is 11.9. The summed E-state index contributed by atoms with van der Waals surface area (Å²) in [7, 11) is 0. The van der Waals surface area contributed by atoms with Crippen LogP contribution in [0.25, 0.3) is 0 Å². The van der Waals surface area contributed by atoms with Crippen LogP contribution in [0.4, 0.5) is 0 Å². The van der Waals surface area contributed by atoms with Gasteiger partial charge in [0.05, 0.1) is 0 Å². The zero-order valence-corrected chi connectivity index (χ0v) is 11.9. The van der Waals surface area contributed by atoms with Crippen molar-refractivity contribution >= 4 is 5.78 Å². The normalized spacial score (nSPS) is 29.9. The average molecular weight is 245 g/mol. The van der Waals surface area contributed by atoms with Gasteiger partial charge in [0.25, 0.3) is 0 Å². The highest BCUT2D eigenvalue weighted by atomic mass is 16.1. The summed E-state index contributed by atoms with van der Waals surface area (Å²) >= 11 is 0. The maximum Gasteiger partial charge on any atom is 0.165 e. The Bertz CT molecular complexity index is 503. The molecule has 0 N–H and O–H groups in total. The lowest BCUT2D eigenvalue weighted by Crippen LogP contribution is -2.32. The van der Waals surface area contributed by atoms with E-state index in [1.54, 1.807) is 0 Å². The van der Waals surface area contributed by atoms with E-state index in [1.807, 2.05) is 0 Å². The third kappa shape index (κ3) is 1.73. The SMILES string of the molecule is Cc1cc2c(n1C1CC(C)C1)CC(C)(C)CC2=O. The predicted molar refractivity (Wildman–Crippen MR) is 73.0 cm³/mol. The fourth-order valence-electron chi connectivity index (χ4n) is 3.75. The maximum atomic E-state index is 12.2. The van der Waals surface area contributed by atoms with Crippen LogP contribution >= 0.6 is 0 Å². The Morgan fingerprint density at radius 1 is 1.28 bits per heavy atom. The van der Waals surface area contributed by atoms with E-state index in [1.165, 1.54) is 24.2 Å². The molecule has 0 unspecified atom stereocenters. The summed E-state index contributed by atoms with van der Waals surface area (Å²) in [6, 6.07) is 2.76. The summed E-state index contributed by atoms with van der Waals surface area (Å²) in [4.78, 5) is 12.2. The molecule has 2 aliphatic rings. The van der Waals surface area contributed by atoms with Gasteiger partial charge in [-0.05, 0) is 43.6 Å². The highest BCUT2D eigenvalue weighted by Gasteiger charge is 2.37. The second-order valence-electron chi connectivity index (χ2n) is 7.19. The Kier molecular flexibility index (Phi) is 2.48. The van der Waals surface area contributed by atoms with Gasteiger partial charge in [-0.1, -0.05) is 20.8 Å². The molecule has 2 aliphatic carbocycles. The molecule has 1 fully saturated rings. The van der Waals surface area contributed by atoms with Crippen molar-refractivity contribution in [1.29, 1.82) is 0 Å². The van der Waals surface area contributed by atoms with Crippen molar-refractivity contribution in [2.24, 2.45) is 11.3 Å². The van der Waals surface area contributed by atoms with Crippen molar-refractivity contribution in [2.45, 2.75) is 59.4 Å². The first-order valence-corrected chi connectivity index (χ1v) is 7.11. The molecule has 0 radical (unpaired) electrons. The standard InChI is InChI=1S/C16H23NO/c1-10-5-12(6-10)17-11(2)7-13-14(17)8-16(3,4)9-15(13)18/h7,10,12H,5-6,8-9H2,1-4H3. The topological polar surface area (TPSA) is 22.0 Å². The first kappa shape index (κ1) is 12.0. The third-order valence-corrected chi connectivity index (χ3v) is 4.63. The lowest BCUT2D eigenvalue weighted by atomic mass is 9.75. The van der Waals surface area contributed by atoms with Gasteiger partial charge in [0.2, 0.25) is 0 Å². The first-order chi connectivity index (χ1) is 8.37. The van der Waals surface area contributed by atoms with Crippen LogP contribution < -0.4 is 0 Å². The van der Waals surface area contributed by atoms with E-state index in [0.29, 0.717) is 18.2 Å². The number of Topliss-reactive ketones (excluding diaryl/α,β-unsaturated/α-hetero) is 1. The number of nitrogens with zero attached hydrogens (tertiary/aromatic N) is 1. The van der Waals surface area contributed by atoms with Gasteiger partial charge in [0.15, 0.2) is 5.78 Å². The van der Waals surface area contributed by atoms with E-state index in [4.69, 9.17) is 0 Å². The molecule has 0 atom stereocenters. The quantitative estimate of drug-likeness (QED) is 0.735. The van der Waals surface area contributed by atoms with E-state index in [2.05, 4.69) is 38.3 Å². The van der Waals surface area contributed by atoms with Crippen LogP contribution in [0, 0.1) is 18.3 Å². The number of hydrogen-bond acceptors (Lipinski definition) is 1. The zero-order chi connectivity index (χ0) is 13.1. The molecule has 0 saturated heterocycles. The van der Waals surface area contributed by atoms with Gasteiger partial charge < -0.3 is 4.57 Å². The van der Waals surface area contributed by atoms with Gasteiger partial charge >= 0.3 is 0 Å². The van der Waals surface area contributed by atoms with Crippen molar-refractivity contribution in [3.8, 4) is 0 Å². The van der Waals surface area contributed by atoms with Gasteiger partial charge in [-0.3, -0.25) is 4.79 Å². The number of ketones is 1. The highest BCUT2D eigenvalue weighted by molar-refractivity contribution is 5.99. The van der Waals surface area contributed by atoms with Crippen molar-refractivity contribution < 1.29 is 4.79 Å². The first-order valence-electron chi connectivity index (χ1n) is 7.11. The molecule has 0 aliphatic heterocycles. The Morgan fingerprint density at radius 3 is 2.56 bits per heavy atom. The number of hydrogen-bond donors (Lipinski definition) is 0. The molecule has 1 aromatic heterocycles. The number of carbonyl (C=O) groups excluding carboxylic acids is 1. The summed E-state index contributed by atoms with van der Waals surface area (Å²) in [5, 5.41) is 0. The van der Waals surface area contributed by atoms with E-state index >= 15 is 0 Å². The van der Waals surface area contributed by atoms with Gasteiger partial charge in [-0.2, -0.15) is 0 Å². The van der Waals surface area contributed by atoms with Crippen LogP contribution in [-0.4, -0.2) is 10.4 Å². The third-order valence-electron chi connectivity index (χ3n) is 4.63. The van der Waals surface area contributed by atoms with Crippen molar-refractivity contribution in [3.05, 3.63) is 23.0 Å². The Balaban J connectivity index is 2.04. The largest absolute Gasteiger partial charge is 0.345 e. The second kappa shape index (κ2) is 3.72. The van der Waals surface area contributed by atoms with Crippen LogP contribution in [0.2, 0.25) is 0 Å². The molecule has 0 spiro atoms. The number of carbonyl (C=O) groups is 1. The molecule has 98 valence electrons. The Morgan fingerprint density at radius 2 is 1.94 bits per heavy atom. The molecule has 0 aromatic carbocycles. The molecule has 1 saturated carbocycles. The second-order valence-corrected chi connectivity index (χ2v) is 7.19. The summed E-state index contributed by atoms with van der Waals surface area (Å²) < 4.78 is 2.47. The molecular formula is C16H23NO. The lowest BCUT2D eigenvalue weighted by molar-refractivity contribution is 0.0906. The molecule has 1 heterocycles. The van der Waals surface area contributed by atoms with Crippen molar-refractivity contribution in [2.75, 3.05) is 0 Å². The van der Waals surface area contributed by atoms with Gasteiger partial charge in [0, 0.05) is 29.4 Å². The van der Waals surface area contributed by atoms with E-state index < -0.39 is 0 Å². The molecule has 0 bridgehead atoms. The van der Waals surface area contributed by atoms with E-state index in [9.17, 15) is 4.79 Å².